The summed E-state index contributed by atoms with van der Waals surface area (Å²) in [6.45, 7) is 8.78. The van der Waals surface area contributed by atoms with Gasteiger partial charge in [0.15, 0.2) is 0 Å². The Morgan fingerprint density at radius 3 is 2.67 bits per heavy atom. The minimum absolute atomic E-state index is 0.212. The van der Waals surface area contributed by atoms with Gasteiger partial charge in [0.05, 0.1) is 13.2 Å². The van der Waals surface area contributed by atoms with Gasteiger partial charge in [-0.1, -0.05) is 18.2 Å². The molecular weight excluding hydrogens is 266 g/mol. The van der Waals surface area contributed by atoms with Crippen molar-refractivity contribution in [3.8, 4) is 0 Å². The van der Waals surface area contributed by atoms with Crippen LogP contribution in [0.1, 0.15) is 5.56 Å². The topological polar surface area (TPSA) is 53.6 Å². The van der Waals surface area contributed by atoms with Gasteiger partial charge in [-0.05, 0) is 24.1 Å². The van der Waals surface area contributed by atoms with Gasteiger partial charge < -0.3 is 15.4 Å². The van der Waals surface area contributed by atoms with E-state index in [1.807, 2.05) is 12.1 Å². The van der Waals surface area contributed by atoms with Crippen molar-refractivity contribution in [3.63, 3.8) is 0 Å². The van der Waals surface area contributed by atoms with E-state index >= 15 is 0 Å². The quantitative estimate of drug-likeness (QED) is 0.786. The number of nitrogens with one attached hydrogen (secondary N) is 2. The SMILES string of the molecule is C=CCNC(=O)Nc1ccc(CCN2CCOCC2)cc1. The predicted octanol–water partition coefficient (Wildman–Crippen LogP) is 1.87. The molecule has 0 spiro atoms. The molecule has 1 heterocycles. The molecule has 1 aromatic carbocycles. The molecule has 0 aromatic heterocycles. The second-order valence-electron chi connectivity index (χ2n) is 5.02. The van der Waals surface area contributed by atoms with Crippen molar-refractivity contribution >= 4 is 11.7 Å². The smallest absolute Gasteiger partial charge is 0.319 e. The van der Waals surface area contributed by atoms with Crippen LogP contribution in [-0.4, -0.2) is 50.3 Å². The molecule has 0 radical (unpaired) electrons. The van der Waals surface area contributed by atoms with Gasteiger partial charge in [-0.15, -0.1) is 6.58 Å². The van der Waals surface area contributed by atoms with E-state index in [1.165, 1.54) is 5.56 Å². The highest BCUT2D eigenvalue weighted by molar-refractivity contribution is 5.89. The van der Waals surface area contributed by atoms with Crippen LogP contribution in [0.25, 0.3) is 0 Å². The Hall–Kier alpha value is -1.85. The molecular formula is C16H23N3O2. The number of nitrogens with zero attached hydrogens (tertiary/aromatic N) is 1. The maximum Gasteiger partial charge on any atom is 0.319 e. The summed E-state index contributed by atoms with van der Waals surface area (Å²) in [7, 11) is 0. The second kappa shape index (κ2) is 8.44. The van der Waals surface area contributed by atoms with Crippen LogP contribution in [0.2, 0.25) is 0 Å². The standard InChI is InChI=1S/C16H23N3O2/c1-2-8-17-16(20)18-15-5-3-14(4-6-15)7-9-19-10-12-21-13-11-19/h2-6H,1,7-13H2,(H2,17,18,20). The Kier molecular flexibility index (Phi) is 6.24. The molecule has 2 amide bonds. The fraction of sp³-hybridized carbons (Fsp3) is 0.438. The Labute approximate surface area is 126 Å². The average molecular weight is 289 g/mol. The normalized spacial score (nSPS) is 15.4. The molecule has 2 rings (SSSR count). The monoisotopic (exact) mass is 289 g/mol. The minimum atomic E-state index is -0.212. The van der Waals surface area contributed by atoms with E-state index in [2.05, 4.69) is 34.2 Å². The van der Waals surface area contributed by atoms with Crippen LogP contribution in [0.3, 0.4) is 0 Å². The van der Waals surface area contributed by atoms with Crippen molar-refractivity contribution in [1.29, 1.82) is 0 Å². The number of ether oxygens (including phenoxy) is 1. The molecule has 0 unspecified atom stereocenters. The van der Waals surface area contributed by atoms with E-state index in [0.29, 0.717) is 6.54 Å². The number of carbonyl (C=O) groups is 1. The van der Waals surface area contributed by atoms with E-state index in [1.54, 1.807) is 6.08 Å². The molecule has 5 nitrogen and oxygen atoms in total. The molecule has 2 N–H and O–H groups in total. The number of hydrogen-bond acceptors (Lipinski definition) is 3. The molecule has 1 aliphatic heterocycles. The van der Waals surface area contributed by atoms with E-state index in [9.17, 15) is 4.79 Å². The maximum absolute atomic E-state index is 11.5. The molecule has 5 heteroatoms. The van der Waals surface area contributed by atoms with E-state index in [-0.39, 0.29) is 6.03 Å². The third kappa shape index (κ3) is 5.57. The maximum atomic E-state index is 11.5. The Morgan fingerprint density at radius 2 is 2.00 bits per heavy atom. The zero-order valence-corrected chi connectivity index (χ0v) is 12.3. The first-order valence-corrected chi connectivity index (χ1v) is 7.33. The van der Waals surface area contributed by atoms with Gasteiger partial charge in [0.2, 0.25) is 0 Å². The summed E-state index contributed by atoms with van der Waals surface area (Å²) in [5, 5.41) is 5.46. The summed E-state index contributed by atoms with van der Waals surface area (Å²) >= 11 is 0. The van der Waals surface area contributed by atoms with Crippen LogP contribution in [0.5, 0.6) is 0 Å². The Balaban J connectivity index is 1.75. The fourth-order valence-electron chi connectivity index (χ4n) is 2.21. The van der Waals surface area contributed by atoms with Crippen LogP contribution in [0, 0.1) is 0 Å². The van der Waals surface area contributed by atoms with Gasteiger partial charge >= 0.3 is 6.03 Å². The van der Waals surface area contributed by atoms with Gasteiger partial charge in [-0.3, -0.25) is 4.90 Å². The molecule has 0 bridgehead atoms. The summed E-state index contributed by atoms with van der Waals surface area (Å²) < 4.78 is 5.34. The number of rotatable bonds is 6. The third-order valence-corrected chi connectivity index (χ3v) is 3.44. The molecule has 0 aliphatic carbocycles. The highest BCUT2D eigenvalue weighted by Gasteiger charge is 2.09. The zero-order chi connectivity index (χ0) is 14.9. The summed E-state index contributed by atoms with van der Waals surface area (Å²) in [6, 6.07) is 7.77. The van der Waals surface area contributed by atoms with Crippen LogP contribution in [0.4, 0.5) is 10.5 Å². The number of urea groups is 1. The predicted molar refractivity (Wildman–Crippen MR) is 84.6 cm³/mol. The Morgan fingerprint density at radius 1 is 1.29 bits per heavy atom. The first kappa shape index (κ1) is 15.5. The molecule has 1 aliphatic rings. The lowest BCUT2D eigenvalue weighted by molar-refractivity contribution is 0.0384. The number of benzene rings is 1. The first-order chi connectivity index (χ1) is 10.3. The van der Waals surface area contributed by atoms with Crippen molar-refractivity contribution in [2.24, 2.45) is 0 Å². The zero-order valence-electron chi connectivity index (χ0n) is 12.3. The summed E-state index contributed by atoms with van der Waals surface area (Å²) in [5.74, 6) is 0. The molecule has 0 saturated carbocycles. The minimum Gasteiger partial charge on any atom is -0.379 e. The number of amides is 2. The highest BCUT2D eigenvalue weighted by Crippen LogP contribution is 2.10. The van der Waals surface area contributed by atoms with Crippen molar-refractivity contribution in [2.45, 2.75) is 6.42 Å². The van der Waals surface area contributed by atoms with Gasteiger partial charge in [0, 0.05) is 31.9 Å². The molecule has 1 fully saturated rings. The van der Waals surface area contributed by atoms with Crippen LogP contribution >= 0.6 is 0 Å². The molecule has 1 saturated heterocycles. The number of hydrogen-bond donors (Lipinski definition) is 2. The van der Waals surface area contributed by atoms with Gasteiger partial charge in [-0.25, -0.2) is 4.79 Å². The lowest BCUT2D eigenvalue weighted by atomic mass is 10.1. The third-order valence-electron chi connectivity index (χ3n) is 3.44. The Bertz CT molecular complexity index is 453. The van der Waals surface area contributed by atoms with Gasteiger partial charge in [-0.2, -0.15) is 0 Å². The largest absolute Gasteiger partial charge is 0.379 e. The average Bonchev–Trinajstić information content (AvgIpc) is 2.53. The second-order valence-corrected chi connectivity index (χ2v) is 5.02. The van der Waals surface area contributed by atoms with E-state index in [4.69, 9.17) is 4.74 Å². The highest BCUT2D eigenvalue weighted by atomic mass is 16.5. The number of carbonyl (C=O) groups excluding carboxylic acids is 1. The number of morpholine rings is 1. The molecule has 0 atom stereocenters. The van der Waals surface area contributed by atoms with Crippen LogP contribution < -0.4 is 10.6 Å². The first-order valence-electron chi connectivity index (χ1n) is 7.33. The van der Waals surface area contributed by atoms with Crippen molar-refractivity contribution in [3.05, 3.63) is 42.5 Å². The number of anilines is 1. The van der Waals surface area contributed by atoms with Gasteiger partial charge in [0.25, 0.3) is 0 Å². The molecule has 21 heavy (non-hydrogen) atoms. The van der Waals surface area contributed by atoms with E-state index < -0.39 is 0 Å². The van der Waals surface area contributed by atoms with Crippen molar-refractivity contribution in [2.75, 3.05) is 44.7 Å². The summed E-state index contributed by atoms with van der Waals surface area (Å²) in [6.07, 6.45) is 2.66. The summed E-state index contributed by atoms with van der Waals surface area (Å²) in [5.41, 5.74) is 2.07. The molecule has 114 valence electrons. The van der Waals surface area contributed by atoms with E-state index in [0.717, 1.165) is 45.0 Å². The lowest BCUT2D eigenvalue weighted by Gasteiger charge is -2.26. The van der Waals surface area contributed by atoms with Gasteiger partial charge in [0.1, 0.15) is 0 Å². The van der Waals surface area contributed by atoms with Crippen LogP contribution in [0.15, 0.2) is 36.9 Å². The fourth-order valence-corrected chi connectivity index (χ4v) is 2.21. The van der Waals surface area contributed by atoms with Crippen molar-refractivity contribution in [1.82, 2.24) is 10.2 Å². The van der Waals surface area contributed by atoms with Crippen LogP contribution in [-0.2, 0) is 11.2 Å². The van der Waals surface area contributed by atoms with Crippen molar-refractivity contribution < 1.29 is 9.53 Å². The summed E-state index contributed by atoms with van der Waals surface area (Å²) in [4.78, 5) is 13.9. The lowest BCUT2D eigenvalue weighted by Crippen LogP contribution is -2.37. The molecule has 1 aromatic rings.